The van der Waals surface area contributed by atoms with Gasteiger partial charge in [0.2, 0.25) is 0 Å². The van der Waals surface area contributed by atoms with E-state index in [0.717, 1.165) is 0 Å². The van der Waals surface area contributed by atoms with Crippen molar-refractivity contribution in [3.8, 4) is 5.75 Å². The number of pyridine rings is 1. The SMILES string of the molecule is COc1c(Cl)ccc(Cl)c1C(=O)O/N=C/c1cccnc1. The third-order valence-corrected chi connectivity index (χ3v) is 3.10. The highest BCUT2D eigenvalue weighted by Gasteiger charge is 2.21. The number of methoxy groups -OCH3 is 1. The van der Waals surface area contributed by atoms with Gasteiger partial charge < -0.3 is 9.57 Å². The minimum atomic E-state index is -0.764. The maximum absolute atomic E-state index is 12.0. The summed E-state index contributed by atoms with van der Waals surface area (Å²) in [5, 5.41) is 4.01. The lowest BCUT2D eigenvalue weighted by atomic mass is 10.2. The van der Waals surface area contributed by atoms with Crippen molar-refractivity contribution >= 4 is 35.4 Å². The van der Waals surface area contributed by atoms with Crippen LogP contribution < -0.4 is 4.74 Å². The Morgan fingerprint density at radius 2 is 2.05 bits per heavy atom. The molecule has 0 fully saturated rings. The van der Waals surface area contributed by atoms with Gasteiger partial charge in [0.15, 0.2) is 5.75 Å². The standard InChI is InChI=1S/C14H10Cl2N2O3/c1-20-13-11(16)5-4-10(15)12(13)14(19)21-18-8-9-3-2-6-17-7-9/h2-8H,1H3/b18-8+. The van der Waals surface area contributed by atoms with Gasteiger partial charge in [0, 0.05) is 18.0 Å². The van der Waals surface area contributed by atoms with Gasteiger partial charge in [0.25, 0.3) is 0 Å². The zero-order valence-electron chi connectivity index (χ0n) is 10.9. The molecule has 1 aromatic carbocycles. The van der Waals surface area contributed by atoms with E-state index in [1.165, 1.54) is 25.5 Å². The number of halogens is 2. The van der Waals surface area contributed by atoms with Gasteiger partial charge in [-0.05, 0) is 18.2 Å². The highest BCUT2D eigenvalue weighted by Crippen LogP contribution is 2.34. The molecule has 0 atom stereocenters. The first-order valence-electron chi connectivity index (χ1n) is 5.80. The van der Waals surface area contributed by atoms with Crippen LogP contribution in [0.25, 0.3) is 0 Å². The summed E-state index contributed by atoms with van der Waals surface area (Å²) in [4.78, 5) is 20.7. The number of carbonyl (C=O) groups is 1. The number of hydrogen-bond donors (Lipinski definition) is 0. The second-order valence-corrected chi connectivity index (χ2v) is 4.65. The molecule has 1 heterocycles. The Kier molecular flexibility index (Phi) is 5.14. The summed E-state index contributed by atoms with van der Waals surface area (Å²) >= 11 is 11.9. The minimum Gasteiger partial charge on any atom is -0.494 e. The molecule has 0 aliphatic carbocycles. The van der Waals surface area contributed by atoms with Crippen LogP contribution in [0.5, 0.6) is 5.75 Å². The van der Waals surface area contributed by atoms with Crippen LogP contribution in [0.3, 0.4) is 0 Å². The molecule has 0 N–H and O–H groups in total. The predicted molar refractivity (Wildman–Crippen MR) is 80.3 cm³/mol. The van der Waals surface area contributed by atoms with Gasteiger partial charge in [-0.25, -0.2) is 4.79 Å². The van der Waals surface area contributed by atoms with Crippen LogP contribution in [0.2, 0.25) is 10.0 Å². The zero-order valence-corrected chi connectivity index (χ0v) is 12.4. The maximum atomic E-state index is 12.0. The van der Waals surface area contributed by atoms with Gasteiger partial charge in [-0.1, -0.05) is 34.4 Å². The highest BCUT2D eigenvalue weighted by molar-refractivity contribution is 6.37. The Bertz CT molecular complexity index is 675. The van der Waals surface area contributed by atoms with E-state index in [-0.39, 0.29) is 21.4 Å². The van der Waals surface area contributed by atoms with Crippen molar-refractivity contribution in [3.63, 3.8) is 0 Å². The third-order valence-electron chi connectivity index (χ3n) is 2.49. The molecule has 21 heavy (non-hydrogen) atoms. The smallest absolute Gasteiger partial charge is 0.371 e. The molecule has 5 nitrogen and oxygen atoms in total. The van der Waals surface area contributed by atoms with E-state index in [0.29, 0.717) is 5.56 Å². The topological polar surface area (TPSA) is 60.8 Å². The first-order chi connectivity index (χ1) is 10.1. The normalized spacial score (nSPS) is 10.6. The van der Waals surface area contributed by atoms with Crippen molar-refractivity contribution in [2.45, 2.75) is 0 Å². The molecular weight excluding hydrogens is 315 g/mol. The Labute approximate surface area is 131 Å². The van der Waals surface area contributed by atoms with E-state index in [4.69, 9.17) is 32.8 Å². The lowest BCUT2D eigenvalue weighted by Gasteiger charge is -2.09. The van der Waals surface area contributed by atoms with E-state index < -0.39 is 5.97 Å². The Morgan fingerprint density at radius 1 is 1.29 bits per heavy atom. The second-order valence-electron chi connectivity index (χ2n) is 3.84. The number of aromatic nitrogens is 1. The molecule has 2 aromatic rings. The van der Waals surface area contributed by atoms with E-state index in [1.54, 1.807) is 24.5 Å². The van der Waals surface area contributed by atoms with Crippen LogP contribution in [0.4, 0.5) is 0 Å². The van der Waals surface area contributed by atoms with Crippen molar-refractivity contribution in [2.24, 2.45) is 5.16 Å². The summed E-state index contributed by atoms with van der Waals surface area (Å²) in [5.74, 6) is -0.620. The molecule has 0 radical (unpaired) electrons. The summed E-state index contributed by atoms with van der Waals surface area (Å²) in [7, 11) is 1.38. The fourth-order valence-electron chi connectivity index (χ4n) is 1.56. The summed E-state index contributed by atoms with van der Waals surface area (Å²) in [6, 6.07) is 6.50. The molecule has 0 amide bonds. The van der Waals surface area contributed by atoms with Crippen LogP contribution in [-0.2, 0) is 4.84 Å². The van der Waals surface area contributed by atoms with Crippen LogP contribution >= 0.6 is 23.2 Å². The summed E-state index contributed by atoms with van der Waals surface area (Å²) < 4.78 is 5.06. The van der Waals surface area contributed by atoms with E-state index in [1.807, 2.05) is 0 Å². The quantitative estimate of drug-likeness (QED) is 0.490. The third kappa shape index (κ3) is 3.71. The lowest BCUT2D eigenvalue weighted by molar-refractivity contribution is 0.0516. The predicted octanol–water partition coefficient (Wildman–Crippen LogP) is 3.59. The maximum Gasteiger partial charge on any atom is 0.371 e. The van der Waals surface area contributed by atoms with Gasteiger partial charge in [-0.15, -0.1) is 0 Å². The fraction of sp³-hybridized carbons (Fsp3) is 0.0714. The van der Waals surface area contributed by atoms with Gasteiger partial charge in [0.1, 0.15) is 5.56 Å². The molecule has 0 unspecified atom stereocenters. The van der Waals surface area contributed by atoms with Crippen molar-refractivity contribution in [2.75, 3.05) is 7.11 Å². The number of hydrogen-bond acceptors (Lipinski definition) is 5. The van der Waals surface area contributed by atoms with Gasteiger partial charge in [0.05, 0.1) is 23.4 Å². The average Bonchev–Trinajstić information content (AvgIpc) is 2.50. The molecule has 108 valence electrons. The monoisotopic (exact) mass is 324 g/mol. The molecule has 7 heteroatoms. The molecule has 1 aromatic heterocycles. The summed E-state index contributed by atoms with van der Waals surface area (Å²) in [5.41, 5.74) is 0.712. The fourth-order valence-corrected chi connectivity index (χ4v) is 2.02. The van der Waals surface area contributed by atoms with Gasteiger partial charge in [-0.2, -0.15) is 0 Å². The number of ether oxygens (including phenoxy) is 1. The molecule has 0 aliphatic heterocycles. The number of benzene rings is 1. The van der Waals surface area contributed by atoms with Crippen LogP contribution in [0, 0.1) is 0 Å². The van der Waals surface area contributed by atoms with Crippen LogP contribution in [-0.4, -0.2) is 24.3 Å². The lowest BCUT2D eigenvalue weighted by Crippen LogP contribution is -2.05. The van der Waals surface area contributed by atoms with E-state index in [9.17, 15) is 4.79 Å². The number of rotatable bonds is 4. The summed E-state index contributed by atoms with van der Waals surface area (Å²) in [6.07, 6.45) is 4.56. The number of carbonyl (C=O) groups excluding carboxylic acids is 1. The molecule has 0 spiro atoms. The Hall–Kier alpha value is -2.11. The van der Waals surface area contributed by atoms with Crippen LogP contribution in [0.15, 0.2) is 41.8 Å². The first-order valence-corrected chi connectivity index (χ1v) is 6.56. The molecule has 0 saturated carbocycles. The van der Waals surface area contributed by atoms with Crippen molar-refractivity contribution in [1.29, 1.82) is 0 Å². The molecule has 2 rings (SSSR count). The van der Waals surface area contributed by atoms with Gasteiger partial charge >= 0.3 is 5.97 Å². The number of nitrogens with zero attached hydrogens (tertiary/aromatic N) is 2. The Morgan fingerprint density at radius 3 is 2.71 bits per heavy atom. The molecular formula is C14H10Cl2N2O3. The average molecular weight is 325 g/mol. The zero-order chi connectivity index (χ0) is 15.2. The van der Waals surface area contributed by atoms with E-state index >= 15 is 0 Å². The second kappa shape index (κ2) is 7.06. The Balaban J connectivity index is 2.18. The van der Waals surface area contributed by atoms with Gasteiger partial charge in [-0.3, -0.25) is 4.98 Å². The minimum absolute atomic E-state index is 0.0232. The highest BCUT2D eigenvalue weighted by atomic mass is 35.5. The summed E-state index contributed by atoms with van der Waals surface area (Å²) in [6.45, 7) is 0. The van der Waals surface area contributed by atoms with E-state index in [2.05, 4.69) is 10.1 Å². The van der Waals surface area contributed by atoms with Crippen LogP contribution in [0.1, 0.15) is 15.9 Å². The first kappa shape index (κ1) is 15.3. The molecule has 0 saturated heterocycles. The van der Waals surface area contributed by atoms with Crippen molar-refractivity contribution in [3.05, 3.63) is 57.8 Å². The molecule has 0 aliphatic rings. The number of oxime groups is 1. The van der Waals surface area contributed by atoms with Crippen molar-refractivity contribution in [1.82, 2.24) is 4.98 Å². The molecule has 0 bridgehead atoms. The largest absolute Gasteiger partial charge is 0.494 e. The van der Waals surface area contributed by atoms with Crippen molar-refractivity contribution < 1.29 is 14.4 Å².